The summed E-state index contributed by atoms with van der Waals surface area (Å²) >= 11 is 1.70. The zero-order chi connectivity index (χ0) is 12.1. The van der Waals surface area contributed by atoms with E-state index in [0.717, 1.165) is 23.3 Å². The quantitative estimate of drug-likeness (QED) is 0.599. The highest BCUT2D eigenvalue weighted by molar-refractivity contribution is 7.98. The van der Waals surface area contributed by atoms with Crippen molar-refractivity contribution in [3.63, 3.8) is 0 Å². The predicted molar refractivity (Wildman–Crippen MR) is 71.0 cm³/mol. The van der Waals surface area contributed by atoms with E-state index < -0.39 is 0 Å². The van der Waals surface area contributed by atoms with Gasteiger partial charge in [-0.1, -0.05) is 48.2 Å². The molecule has 0 bridgehead atoms. The maximum Gasteiger partial charge on any atom is 0.191 e. The molecule has 1 heterocycles. The molecule has 0 aliphatic carbocycles. The zero-order valence-corrected chi connectivity index (χ0v) is 10.7. The fraction of sp³-hybridized carbons (Fsp3) is 0.231. The zero-order valence-electron chi connectivity index (χ0n) is 9.84. The summed E-state index contributed by atoms with van der Waals surface area (Å²) in [7, 11) is 0. The van der Waals surface area contributed by atoms with Crippen LogP contribution in [0.3, 0.4) is 0 Å². The number of nitrogens with zero attached hydrogens (tertiary/aromatic N) is 3. The van der Waals surface area contributed by atoms with Crippen LogP contribution in [-0.4, -0.2) is 14.8 Å². The molecule has 0 N–H and O–H groups in total. The van der Waals surface area contributed by atoms with E-state index in [4.69, 9.17) is 0 Å². The van der Waals surface area contributed by atoms with Crippen LogP contribution in [0.4, 0.5) is 0 Å². The fourth-order valence-electron chi connectivity index (χ4n) is 1.53. The molecule has 0 radical (unpaired) electrons. The number of aromatic nitrogens is 3. The molecule has 2 aromatic rings. The molecule has 0 aliphatic rings. The molecule has 0 saturated heterocycles. The summed E-state index contributed by atoms with van der Waals surface area (Å²) in [6, 6.07) is 10.4. The van der Waals surface area contributed by atoms with Crippen molar-refractivity contribution in [2.75, 3.05) is 0 Å². The number of thioether (sulfide) groups is 1. The van der Waals surface area contributed by atoms with Crippen molar-refractivity contribution in [2.45, 2.75) is 24.4 Å². The molecule has 1 aromatic heterocycles. The van der Waals surface area contributed by atoms with Gasteiger partial charge < -0.3 is 4.57 Å². The summed E-state index contributed by atoms with van der Waals surface area (Å²) in [5.41, 5.74) is 1.29. The Morgan fingerprint density at radius 1 is 1.29 bits per heavy atom. The maximum atomic E-state index is 4.18. The Hall–Kier alpha value is -1.55. The first-order valence-corrected chi connectivity index (χ1v) is 6.47. The third-order valence-electron chi connectivity index (χ3n) is 2.42. The van der Waals surface area contributed by atoms with Gasteiger partial charge in [0.15, 0.2) is 5.16 Å². The molecule has 0 amide bonds. The van der Waals surface area contributed by atoms with Crippen molar-refractivity contribution in [3.05, 3.63) is 54.4 Å². The van der Waals surface area contributed by atoms with E-state index >= 15 is 0 Å². The number of hydrogen-bond donors (Lipinski definition) is 0. The largest absolute Gasteiger partial charge is 0.302 e. The van der Waals surface area contributed by atoms with Crippen LogP contribution in [-0.2, 0) is 12.3 Å². The molecule has 0 aliphatic heterocycles. The maximum absolute atomic E-state index is 4.18. The van der Waals surface area contributed by atoms with Gasteiger partial charge in [0, 0.05) is 12.3 Å². The van der Waals surface area contributed by atoms with E-state index in [1.54, 1.807) is 11.8 Å². The molecule has 3 nitrogen and oxygen atoms in total. The molecule has 4 heteroatoms. The van der Waals surface area contributed by atoms with Crippen LogP contribution in [0, 0.1) is 6.92 Å². The van der Waals surface area contributed by atoms with E-state index in [-0.39, 0.29) is 0 Å². The molecule has 0 spiro atoms. The minimum absolute atomic E-state index is 0.760. The van der Waals surface area contributed by atoms with Crippen molar-refractivity contribution >= 4 is 11.8 Å². The Morgan fingerprint density at radius 2 is 2.06 bits per heavy atom. The second kappa shape index (κ2) is 5.68. The minimum Gasteiger partial charge on any atom is -0.302 e. The lowest BCUT2D eigenvalue weighted by Gasteiger charge is -2.04. The molecule has 17 heavy (non-hydrogen) atoms. The SMILES string of the molecule is C=CCn1c(C)nnc1SCc1ccccc1. The number of benzene rings is 1. The predicted octanol–water partition coefficient (Wildman–Crippen LogP) is 3.06. The first-order valence-electron chi connectivity index (χ1n) is 5.48. The number of aryl methyl sites for hydroxylation is 1. The smallest absolute Gasteiger partial charge is 0.191 e. The summed E-state index contributed by atoms with van der Waals surface area (Å²) in [6.07, 6.45) is 1.86. The Labute approximate surface area is 106 Å². The average Bonchev–Trinajstić information content (AvgIpc) is 2.70. The van der Waals surface area contributed by atoms with Gasteiger partial charge in [0.05, 0.1) is 0 Å². The molecule has 2 rings (SSSR count). The molecule has 0 fully saturated rings. The lowest BCUT2D eigenvalue weighted by atomic mass is 10.2. The lowest BCUT2D eigenvalue weighted by molar-refractivity contribution is 0.703. The van der Waals surface area contributed by atoms with Crippen molar-refractivity contribution in [1.29, 1.82) is 0 Å². The molecule has 0 unspecified atom stereocenters. The highest BCUT2D eigenvalue weighted by Crippen LogP contribution is 2.21. The summed E-state index contributed by atoms with van der Waals surface area (Å²) in [6.45, 7) is 6.47. The van der Waals surface area contributed by atoms with E-state index in [0.29, 0.717) is 0 Å². The van der Waals surface area contributed by atoms with Gasteiger partial charge in [-0.25, -0.2) is 0 Å². The van der Waals surface area contributed by atoms with Crippen LogP contribution in [0.25, 0.3) is 0 Å². The van der Waals surface area contributed by atoms with Gasteiger partial charge in [0.1, 0.15) is 5.82 Å². The second-order valence-electron chi connectivity index (χ2n) is 3.70. The summed E-state index contributed by atoms with van der Waals surface area (Å²) in [4.78, 5) is 0. The minimum atomic E-state index is 0.760. The molecule has 0 saturated carbocycles. The summed E-state index contributed by atoms with van der Waals surface area (Å²) in [5, 5.41) is 9.22. The van der Waals surface area contributed by atoms with Gasteiger partial charge in [-0.3, -0.25) is 0 Å². The monoisotopic (exact) mass is 245 g/mol. The first-order chi connectivity index (χ1) is 8.31. The van der Waals surface area contributed by atoms with Crippen molar-refractivity contribution in [1.82, 2.24) is 14.8 Å². The van der Waals surface area contributed by atoms with Gasteiger partial charge in [-0.05, 0) is 12.5 Å². The van der Waals surface area contributed by atoms with Gasteiger partial charge in [-0.15, -0.1) is 16.8 Å². The molecular formula is C13H15N3S. The fourth-order valence-corrected chi connectivity index (χ4v) is 2.48. The first kappa shape index (κ1) is 11.9. The van der Waals surface area contributed by atoms with Crippen molar-refractivity contribution in [3.8, 4) is 0 Å². The Morgan fingerprint density at radius 3 is 2.76 bits per heavy atom. The second-order valence-corrected chi connectivity index (χ2v) is 4.65. The topological polar surface area (TPSA) is 30.7 Å². The summed E-state index contributed by atoms with van der Waals surface area (Å²) < 4.78 is 2.07. The van der Waals surface area contributed by atoms with E-state index in [2.05, 4.69) is 45.6 Å². The lowest BCUT2D eigenvalue weighted by Crippen LogP contribution is -1.99. The van der Waals surface area contributed by atoms with Gasteiger partial charge in [0.2, 0.25) is 0 Å². The molecule has 1 aromatic carbocycles. The molecular weight excluding hydrogens is 230 g/mol. The number of allylic oxidation sites excluding steroid dienone is 1. The van der Waals surface area contributed by atoms with Gasteiger partial charge in [-0.2, -0.15) is 0 Å². The highest BCUT2D eigenvalue weighted by atomic mass is 32.2. The third-order valence-corrected chi connectivity index (χ3v) is 3.46. The van der Waals surface area contributed by atoms with E-state index in [1.807, 2.05) is 19.1 Å². The van der Waals surface area contributed by atoms with Crippen molar-refractivity contribution in [2.24, 2.45) is 0 Å². The normalized spacial score (nSPS) is 10.4. The summed E-state index contributed by atoms with van der Waals surface area (Å²) in [5.74, 6) is 1.84. The Bertz CT molecular complexity index is 491. The van der Waals surface area contributed by atoms with Crippen molar-refractivity contribution < 1.29 is 0 Å². The molecule has 88 valence electrons. The Kier molecular flexibility index (Phi) is 3.98. The van der Waals surface area contributed by atoms with Crippen LogP contribution in [0.15, 0.2) is 48.1 Å². The average molecular weight is 245 g/mol. The molecule has 0 atom stereocenters. The Balaban J connectivity index is 2.06. The number of hydrogen-bond acceptors (Lipinski definition) is 3. The van der Waals surface area contributed by atoms with E-state index in [9.17, 15) is 0 Å². The number of rotatable bonds is 5. The standard InChI is InChI=1S/C13H15N3S/c1-3-9-16-11(2)14-15-13(16)17-10-12-7-5-4-6-8-12/h3-8H,1,9-10H2,2H3. The van der Waals surface area contributed by atoms with Crippen LogP contribution in [0.5, 0.6) is 0 Å². The highest BCUT2D eigenvalue weighted by Gasteiger charge is 2.07. The van der Waals surface area contributed by atoms with Crippen LogP contribution >= 0.6 is 11.8 Å². The van der Waals surface area contributed by atoms with Gasteiger partial charge >= 0.3 is 0 Å². The third kappa shape index (κ3) is 2.97. The van der Waals surface area contributed by atoms with Gasteiger partial charge in [0.25, 0.3) is 0 Å². The van der Waals surface area contributed by atoms with Crippen LogP contribution in [0.2, 0.25) is 0 Å². The van der Waals surface area contributed by atoms with E-state index in [1.165, 1.54) is 5.56 Å². The van der Waals surface area contributed by atoms with Crippen LogP contribution in [0.1, 0.15) is 11.4 Å². The van der Waals surface area contributed by atoms with Crippen LogP contribution < -0.4 is 0 Å².